The predicted molar refractivity (Wildman–Crippen MR) is 119 cm³/mol. The fraction of sp³-hybridized carbons (Fsp3) is 0.739. The lowest BCUT2D eigenvalue weighted by atomic mass is 9.87. The van der Waals surface area contributed by atoms with Crippen molar-refractivity contribution in [2.24, 2.45) is 0 Å². The highest BCUT2D eigenvalue weighted by molar-refractivity contribution is 5.74. The minimum Gasteiger partial charge on any atom is -0.441 e. The van der Waals surface area contributed by atoms with Gasteiger partial charge >= 0.3 is 6.09 Å². The van der Waals surface area contributed by atoms with Gasteiger partial charge < -0.3 is 20.1 Å². The van der Waals surface area contributed by atoms with Crippen LogP contribution in [-0.4, -0.2) is 40.9 Å². The second-order valence-electron chi connectivity index (χ2n) is 9.45. The summed E-state index contributed by atoms with van der Waals surface area (Å²) in [6.45, 7) is 22.6. The van der Waals surface area contributed by atoms with E-state index in [9.17, 15) is 9.59 Å². The van der Waals surface area contributed by atoms with Crippen LogP contribution in [0.2, 0.25) is 0 Å². The molecule has 0 bridgehead atoms. The van der Waals surface area contributed by atoms with Gasteiger partial charge in [0.2, 0.25) is 5.91 Å². The molecule has 0 aromatic heterocycles. The largest absolute Gasteiger partial charge is 0.441 e. The molecule has 6 heteroatoms. The van der Waals surface area contributed by atoms with Gasteiger partial charge in [0.1, 0.15) is 5.60 Å². The summed E-state index contributed by atoms with van der Waals surface area (Å²) in [4.78, 5) is 24.1. The fourth-order valence-corrected chi connectivity index (χ4v) is 2.82. The summed E-state index contributed by atoms with van der Waals surface area (Å²) in [7, 11) is 0. The number of hydrogen-bond donors (Lipinski definition) is 2. The molecule has 0 radical (unpaired) electrons. The van der Waals surface area contributed by atoms with Gasteiger partial charge in [-0.1, -0.05) is 12.2 Å². The topological polar surface area (TPSA) is 76.7 Å². The van der Waals surface area contributed by atoms with Gasteiger partial charge in [-0.3, -0.25) is 4.79 Å². The molecule has 6 nitrogen and oxygen atoms in total. The Balaban J connectivity index is 5.35. The normalized spacial score (nSPS) is 15.2. The molecule has 0 aliphatic heterocycles. The van der Waals surface area contributed by atoms with Gasteiger partial charge in [0.15, 0.2) is 0 Å². The summed E-state index contributed by atoms with van der Waals surface area (Å²) in [5.74, 6) is -0.0960. The number of hydrogen-bond acceptors (Lipinski definition) is 4. The van der Waals surface area contributed by atoms with Crippen LogP contribution in [0.1, 0.15) is 83.1 Å². The van der Waals surface area contributed by atoms with Crippen LogP contribution in [-0.2, 0) is 14.3 Å². The van der Waals surface area contributed by atoms with Gasteiger partial charge in [-0.25, -0.2) is 4.79 Å². The van der Waals surface area contributed by atoms with Crippen LogP contribution in [0.25, 0.3) is 0 Å². The number of allylic oxidation sites excluding steroid dienone is 1. The number of alkyl carbamates (subject to hydrolysis) is 1. The van der Waals surface area contributed by atoms with Crippen molar-refractivity contribution in [3.63, 3.8) is 0 Å². The highest BCUT2D eigenvalue weighted by Gasteiger charge is 2.34. The van der Waals surface area contributed by atoms with Crippen LogP contribution >= 0.6 is 0 Å². The Morgan fingerprint density at radius 2 is 1.41 bits per heavy atom. The summed E-state index contributed by atoms with van der Waals surface area (Å²) in [5, 5.41) is 5.89. The molecule has 0 heterocycles. The summed E-state index contributed by atoms with van der Waals surface area (Å²) >= 11 is 0. The molecular formula is C23H42N2O4. The van der Waals surface area contributed by atoms with Crippen LogP contribution in [0.3, 0.4) is 0 Å². The molecule has 2 N–H and O–H groups in total. The summed E-state index contributed by atoms with van der Waals surface area (Å²) in [6.07, 6.45) is 3.24. The van der Waals surface area contributed by atoms with Gasteiger partial charge in [-0.2, -0.15) is 0 Å². The molecule has 0 fully saturated rings. The molecule has 29 heavy (non-hydrogen) atoms. The Labute approximate surface area is 177 Å². The number of carbonyl (C=O) groups is 2. The van der Waals surface area contributed by atoms with Crippen LogP contribution < -0.4 is 10.6 Å². The van der Waals surface area contributed by atoms with E-state index in [0.29, 0.717) is 0 Å². The average Bonchev–Trinajstić information content (AvgIpc) is 2.48. The first kappa shape index (κ1) is 27.2. The van der Waals surface area contributed by atoms with E-state index in [0.717, 1.165) is 11.1 Å². The third-order valence-corrected chi connectivity index (χ3v) is 5.10. The molecule has 0 aromatic rings. The second kappa shape index (κ2) is 10.3. The second-order valence-corrected chi connectivity index (χ2v) is 9.45. The van der Waals surface area contributed by atoms with E-state index in [1.807, 2.05) is 88.3 Å². The van der Waals surface area contributed by atoms with Crippen molar-refractivity contribution in [1.29, 1.82) is 0 Å². The van der Waals surface area contributed by atoms with E-state index in [1.165, 1.54) is 6.92 Å². The van der Waals surface area contributed by atoms with Crippen molar-refractivity contribution in [1.82, 2.24) is 10.6 Å². The van der Waals surface area contributed by atoms with E-state index < -0.39 is 22.8 Å². The van der Waals surface area contributed by atoms with Gasteiger partial charge in [0, 0.05) is 6.92 Å². The molecule has 1 atom stereocenters. The molecule has 0 rings (SSSR count). The molecular weight excluding hydrogens is 368 g/mol. The minimum absolute atomic E-state index is 0.0452. The lowest BCUT2D eigenvalue weighted by Crippen LogP contribution is -2.50. The number of amides is 2. The third kappa shape index (κ3) is 9.03. The van der Waals surface area contributed by atoms with Crippen molar-refractivity contribution in [2.45, 2.75) is 112 Å². The van der Waals surface area contributed by atoms with E-state index >= 15 is 0 Å². The Morgan fingerprint density at radius 3 is 1.83 bits per heavy atom. The van der Waals surface area contributed by atoms with Crippen molar-refractivity contribution in [3.8, 4) is 0 Å². The summed E-state index contributed by atoms with van der Waals surface area (Å²) < 4.78 is 11.4. The maximum Gasteiger partial charge on any atom is 0.408 e. The molecule has 0 aromatic carbocycles. The molecule has 0 spiro atoms. The molecule has 168 valence electrons. The molecule has 0 aliphatic rings. The maximum atomic E-state index is 12.6. The smallest absolute Gasteiger partial charge is 0.408 e. The van der Waals surface area contributed by atoms with Crippen LogP contribution in [0.15, 0.2) is 23.3 Å². The molecule has 0 saturated carbocycles. The van der Waals surface area contributed by atoms with Gasteiger partial charge in [0.05, 0.1) is 23.3 Å². The first-order valence-corrected chi connectivity index (χ1v) is 10.3. The molecule has 2 amide bonds. The highest BCUT2D eigenvalue weighted by Crippen LogP contribution is 2.25. The molecule has 1 unspecified atom stereocenters. The van der Waals surface area contributed by atoms with Crippen LogP contribution in [0.5, 0.6) is 0 Å². The van der Waals surface area contributed by atoms with Crippen molar-refractivity contribution in [2.75, 3.05) is 0 Å². The minimum atomic E-state index is -0.774. The van der Waals surface area contributed by atoms with Crippen LogP contribution in [0.4, 0.5) is 4.79 Å². The Morgan fingerprint density at radius 1 is 0.897 bits per heavy atom. The number of carbonyl (C=O) groups excluding carboxylic acids is 2. The maximum absolute atomic E-state index is 12.6. The van der Waals surface area contributed by atoms with Crippen molar-refractivity contribution < 1.29 is 19.1 Å². The highest BCUT2D eigenvalue weighted by atomic mass is 16.6. The lowest BCUT2D eigenvalue weighted by Gasteiger charge is -2.35. The van der Waals surface area contributed by atoms with Gasteiger partial charge in [0.25, 0.3) is 0 Å². The fourth-order valence-electron chi connectivity index (χ4n) is 2.82. The first-order chi connectivity index (χ1) is 12.9. The van der Waals surface area contributed by atoms with E-state index in [2.05, 4.69) is 10.6 Å². The number of nitrogens with one attached hydrogen (secondary N) is 2. The molecule has 0 aliphatic carbocycles. The Bertz CT molecular complexity index is 643. The quantitative estimate of drug-likeness (QED) is 0.531. The summed E-state index contributed by atoms with van der Waals surface area (Å²) in [6, 6.07) is 0. The predicted octanol–water partition coefficient (Wildman–Crippen LogP) is 4.89. The monoisotopic (exact) mass is 410 g/mol. The van der Waals surface area contributed by atoms with E-state index in [4.69, 9.17) is 9.47 Å². The van der Waals surface area contributed by atoms with Crippen molar-refractivity contribution >= 4 is 12.0 Å². The van der Waals surface area contributed by atoms with Gasteiger partial charge in [-0.05, 0) is 87.3 Å². The van der Waals surface area contributed by atoms with Crippen LogP contribution in [0, 0.1) is 0 Å². The standard InChI is InChI=1S/C23H42N2O4/c1-13-19(22(9,10)24-18(6)26)14-16(4)21(7,8)25-20(27)29-23(11,12)17(5)28-15(2)3/h13-15,17H,1-12H3,(H,24,26)(H,25,27)/b16-14+,19-13+. The summed E-state index contributed by atoms with van der Waals surface area (Å²) in [5.41, 5.74) is -0.0536. The zero-order chi connectivity index (χ0) is 23.2. The zero-order valence-electron chi connectivity index (χ0n) is 20.4. The SMILES string of the molecule is C/C=C(\C=C(/C)C(C)(C)NC(=O)OC(C)(C)C(C)OC(C)C)C(C)(C)NC(C)=O. The first-order valence-electron chi connectivity index (χ1n) is 10.3. The number of ether oxygens (including phenoxy) is 2. The van der Waals surface area contributed by atoms with Gasteiger partial charge in [-0.15, -0.1) is 0 Å². The zero-order valence-corrected chi connectivity index (χ0v) is 20.4. The Hall–Kier alpha value is -1.82. The lowest BCUT2D eigenvalue weighted by molar-refractivity contribution is -0.120. The number of rotatable bonds is 9. The van der Waals surface area contributed by atoms with E-state index in [-0.39, 0.29) is 18.1 Å². The van der Waals surface area contributed by atoms with Crippen molar-refractivity contribution in [3.05, 3.63) is 23.3 Å². The van der Waals surface area contributed by atoms with E-state index in [1.54, 1.807) is 0 Å². The average molecular weight is 411 g/mol. The molecule has 0 saturated heterocycles. The third-order valence-electron chi connectivity index (χ3n) is 5.10. The Kier molecular flexibility index (Phi) is 9.64.